The third-order valence-corrected chi connectivity index (χ3v) is 1.58. The van der Waals surface area contributed by atoms with E-state index in [1.807, 2.05) is 12.1 Å². The molecule has 0 spiro atoms. The molecule has 0 saturated heterocycles. The number of hydrogen-bond donors (Lipinski definition) is 2. The van der Waals surface area contributed by atoms with Crippen molar-refractivity contribution in [3.05, 3.63) is 29.8 Å². The highest BCUT2D eigenvalue weighted by molar-refractivity contribution is 5.99. The van der Waals surface area contributed by atoms with Crippen molar-refractivity contribution >= 4 is 11.6 Å². The Morgan fingerprint density at radius 3 is 2.83 bits per heavy atom. The summed E-state index contributed by atoms with van der Waals surface area (Å²) in [5.74, 6) is -0.125. The molecular formula is C9H11N2O. The van der Waals surface area contributed by atoms with Crippen LogP contribution in [0.25, 0.3) is 0 Å². The Morgan fingerprint density at radius 2 is 2.25 bits per heavy atom. The highest BCUT2D eigenvalue weighted by Gasteiger charge is 2.06. The van der Waals surface area contributed by atoms with Gasteiger partial charge in [0.15, 0.2) is 0 Å². The molecule has 0 unspecified atom stereocenters. The lowest BCUT2D eigenvalue weighted by Crippen LogP contribution is -2.19. The average Bonchev–Trinajstić information content (AvgIpc) is 2.16. The van der Waals surface area contributed by atoms with E-state index in [4.69, 9.17) is 0 Å². The second-order valence-electron chi connectivity index (χ2n) is 2.29. The molecule has 3 nitrogen and oxygen atoms in total. The minimum atomic E-state index is -0.125. The van der Waals surface area contributed by atoms with Crippen LogP contribution in [0.4, 0.5) is 5.69 Å². The number of anilines is 1. The fraction of sp³-hybridized carbons (Fsp3) is 0.222. The van der Waals surface area contributed by atoms with Gasteiger partial charge in [-0.15, -0.1) is 0 Å². The number of hydrogen-bond acceptors (Lipinski definition) is 2. The zero-order valence-electron chi connectivity index (χ0n) is 7.14. The molecule has 2 N–H and O–H groups in total. The van der Waals surface area contributed by atoms with Gasteiger partial charge in [-0.3, -0.25) is 4.79 Å². The van der Waals surface area contributed by atoms with Crippen LogP contribution in [0.2, 0.25) is 0 Å². The van der Waals surface area contributed by atoms with Crippen molar-refractivity contribution in [1.29, 1.82) is 0 Å². The van der Waals surface area contributed by atoms with Crippen LogP contribution in [-0.4, -0.2) is 20.0 Å². The Balaban J connectivity index is 3.04. The zero-order valence-corrected chi connectivity index (χ0v) is 7.14. The fourth-order valence-corrected chi connectivity index (χ4v) is 0.958. The third-order valence-electron chi connectivity index (χ3n) is 1.58. The largest absolute Gasteiger partial charge is 0.387 e. The van der Waals surface area contributed by atoms with Gasteiger partial charge in [-0.05, 0) is 12.1 Å². The van der Waals surface area contributed by atoms with E-state index in [2.05, 4.69) is 16.7 Å². The summed E-state index contributed by atoms with van der Waals surface area (Å²) in [6, 6.07) is 8.24. The highest BCUT2D eigenvalue weighted by atomic mass is 16.1. The topological polar surface area (TPSA) is 41.1 Å². The summed E-state index contributed by atoms with van der Waals surface area (Å²) in [5, 5.41) is 5.46. The molecule has 0 aliphatic carbocycles. The summed E-state index contributed by atoms with van der Waals surface area (Å²) in [4.78, 5) is 11.2. The van der Waals surface area contributed by atoms with Crippen LogP contribution in [-0.2, 0) is 0 Å². The quantitative estimate of drug-likeness (QED) is 0.679. The highest BCUT2D eigenvalue weighted by Crippen LogP contribution is 2.12. The van der Waals surface area contributed by atoms with Crippen LogP contribution >= 0.6 is 0 Å². The Bertz CT molecular complexity index is 284. The van der Waals surface area contributed by atoms with Crippen molar-refractivity contribution < 1.29 is 4.79 Å². The molecule has 63 valence electrons. The molecule has 1 radical (unpaired) electrons. The smallest absolute Gasteiger partial charge is 0.253 e. The summed E-state index contributed by atoms with van der Waals surface area (Å²) >= 11 is 0. The van der Waals surface area contributed by atoms with Gasteiger partial charge in [-0.1, -0.05) is 12.1 Å². The monoisotopic (exact) mass is 163 g/mol. The molecule has 0 heterocycles. The normalized spacial score (nSPS) is 9.17. The molecule has 0 bridgehead atoms. The van der Waals surface area contributed by atoms with Crippen molar-refractivity contribution in [2.24, 2.45) is 0 Å². The maximum absolute atomic E-state index is 11.2. The summed E-state index contributed by atoms with van der Waals surface area (Å²) in [6.45, 7) is 0. The average molecular weight is 163 g/mol. The van der Waals surface area contributed by atoms with Gasteiger partial charge in [0.25, 0.3) is 5.91 Å². The van der Waals surface area contributed by atoms with Crippen molar-refractivity contribution in [1.82, 2.24) is 5.32 Å². The predicted octanol–water partition coefficient (Wildman–Crippen LogP) is 0.888. The van der Waals surface area contributed by atoms with E-state index in [1.165, 1.54) is 0 Å². The molecule has 0 fully saturated rings. The third kappa shape index (κ3) is 1.56. The molecule has 0 aliphatic heterocycles. The summed E-state index contributed by atoms with van der Waals surface area (Å²) in [7, 11) is 3.37. The molecule has 1 amide bonds. The van der Waals surface area contributed by atoms with Gasteiger partial charge in [-0.25, -0.2) is 0 Å². The second-order valence-corrected chi connectivity index (χ2v) is 2.29. The van der Waals surface area contributed by atoms with Gasteiger partial charge in [0.05, 0.1) is 5.56 Å². The van der Waals surface area contributed by atoms with Crippen LogP contribution in [0, 0.1) is 6.07 Å². The van der Waals surface area contributed by atoms with Crippen LogP contribution in [0.5, 0.6) is 0 Å². The Labute approximate surface area is 71.8 Å². The van der Waals surface area contributed by atoms with Crippen LogP contribution in [0.15, 0.2) is 18.2 Å². The number of nitrogens with one attached hydrogen (secondary N) is 2. The maximum Gasteiger partial charge on any atom is 0.253 e. The van der Waals surface area contributed by atoms with Crippen LogP contribution in [0.3, 0.4) is 0 Å². The van der Waals surface area contributed by atoms with E-state index >= 15 is 0 Å². The minimum absolute atomic E-state index is 0.125. The molecule has 0 aromatic heterocycles. The van der Waals surface area contributed by atoms with Crippen molar-refractivity contribution in [2.75, 3.05) is 19.4 Å². The standard InChI is InChI=1S/C9H11N2O/c1-10-8-6-4-3-5-7(8)9(12)11-2/h3-4,6,10H,1-2H3,(H,11,12). The molecule has 0 saturated carbocycles. The molecule has 1 aromatic carbocycles. The first kappa shape index (κ1) is 8.59. The Morgan fingerprint density at radius 1 is 1.50 bits per heavy atom. The Hall–Kier alpha value is -1.51. The van der Waals surface area contributed by atoms with Crippen molar-refractivity contribution in [3.63, 3.8) is 0 Å². The Kier molecular flexibility index (Phi) is 2.69. The van der Waals surface area contributed by atoms with E-state index in [9.17, 15) is 4.79 Å². The van der Waals surface area contributed by atoms with Crippen molar-refractivity contribution in [2.45, 2.75) is 0 Å². The number of carbonyl (C=O) groups is 1. The van der Waals surface area contributed by atoms with Gasteiger partial charge < -0.3 is 10.6 Å². The molecule has 12 heavy (non-hydrogen) atoms. The first-order valence-corrected chi connectivity index (χ1v) is 3.70. The van der Waals surface area contributed by atoms with E-state index in [0.717, 1.165) is 5.69 Å². The maximum atomic E-state index is 11.2. The van der Waals surface area contributed by atoms with Gasteiger partial charge >= 0.3 is 0 Å². The number of rotatable bonds is 2. The lowest BCUT2D eigenvalue weighted by atomic mass is 10.1. The van der Waals surface area contributed by atoms with Gasteiger partial charge in [-0.2, -0.15) is 0 Å². The fourth-order valence-electron chi connectivity index (χ4n) is 0.958. The summed E-state index contributed by atoms with van der Waals surface area (Å²) in [6.07, 6.45) is 0. The molecular weight excluding hydrogens is 152 g/mol. The predicted molar refractivity (Wildman–Crippen MR) is 48.2 cm³/mol. The van der Waals surface area contributed by atoms with Crippen LogP contribution < -0.4 is 10.6 Å². The first-order valence-electron chi connectivity index (χ1n) is 3.70. The number of benzene rings is 1. The summed E-state index contributed by atoms with van der Waals surface area (Å²) < 4.78 is 0. The SMILES string of the molecule is CNC(=O)c1[c]cccc1NC. The second kappa shape index (κ2) is 3.76. The molecule has 1 aromatic rings. The minimum Gasteiger partial charge on any atom is -0.387 e. The lowest BCUT2D eigenvalue weighted by molar-refractivity contribution is 0.0963. The van der Waals surface area contributed by atoms with E-state index in [-0.39, 0.29) is 5.91 Å². The van der Waals surface area contributed by atoms with Crippen LogP contribution in [0.1, 0.15) is 10.4 Å². The zero-order chi connectivity index (χ0) is 8.97. The van der Waals surface area contributed by atoms with Crippen molar-refractivity contribution in [3.8, 4) is 0 Å². The van der Waals surface area contributed by atoms with Gasteiger partial charge in [0.1, 0.15) is 0 Å². The van der Waals surface area contributed by atoms with E-state index in [1.54, 1.807) is 20.2 Å². The number of amides is 1. The van der Waals surface area contributed by atoms with Gasteiger partial charge in [0, 0.05) is 19.8 Å². The molecule has 3 heteroatoms. The number of carbonyl (C=O) groups excluding carboxylic acids is 1. The van der Waals surface area contributed by atoms with Gasteiger partial charge in [0.2, 0.25) is 0 Å². The van der Waals surface area contributed by atoms with E-state index in [0.29, 0.717) is 5.56 Å². The lowest BCUT2D eigenvalue weighted by Gasteiger charge is -2.05. The molecule has 1 rings (SSSR count). The van der Waals surface area contributed by atoms with E-state index < -0.39 is 0 Å². The summed E-state index contributed by atoms with van der Waals surface area (Å²) in [5.41, 5.74) is 1.33. The molecule has 0 atom stereocenters. The first-order chi connectivity index (χ1) is 5.79. The molecule has 0 aliphatic rings.